The highest BCUT2D eigenvalue weighted by Gasteiger charge is 2.32. The van der Waals surface area contributed by atoms with Gasteiger partial charge in [-0.05, 0) is 62.8 Å². The van der Waals surface area contributed by atoms with Crippen LogP contribution in [0.5, 0.6) is 0 Å². The minimum atomic E-state index is -0.272. The van der Waals surface area contributed by atoms with Crippen LogP contribution < -0.4 is 5.32 Å². The van der Waals surface area contributed by atoms with Gasteiger partial charge in [0.15, 0.2) is 0 Å². The molecule has 1 fully saturated rings. The lowest BCUT2D eigenvalue weighted by Crippen LogP contribution is -2.41. The van der Waals surface area contributed by atoms with E-state index in [9.17, 15) is 14.4 Å². The Morgan fingerprint density at radius 3 is 2.20 bits per heavy atom. The number of hydrogen-bond donors (Lipinski definition) is 1. The second-order valence-corrected chi connectivity index (χ2v) is 8.18. The van der Waals surface area contributed by atoms with Crippen molar-refractivity contribution in [3.63, 3.8) is 0 Å². The number of rotatable bonds is 8. The van der Waals surface area contributed by atoms with Gasteiger partial charge in [0.2, 0.25) is 5.91 Å². The molecule has 0 unspecified atom stereocenters. The fraction of sp³-hybridized carbons (Fsp3) is 0.458. The van der Waals surface area contributed by atoms with Crippen LogP contribution in [0.3, 0.4) is 0 Å². The molecule has 2 aliphatic rings. The van der Waals surface area contributed by atoms with Crippen molar-refractivity contribution < 1.29 is 14.4 Å². The first-order valence-electron chi connectivity index (χ1n) is 11.0. The van der Waals surface area contributed by atoms with Gasteiger partial charge in [0, 0.05) is 36.0 Å². The molecule has 0 atom stereocenters. The molecule has 2 aliphatic heterocycles. The molecule has 158 valence electrons. The van der Waals surface area contributed by atoms with Gasteiger partial charge in [-0.25, -0.2) is 0 Å². The normalized spacial score (nSPS) is 16.9. The fourth-order valence-electron chi connectivity index (χ4n) is 4.48. The molecule has 2 aromatic carbocycles. The standard InChI is InChI=1S/C24H29N3O3/c28-21(25-13-7-16-26-14-2-1-3-15-26)12-6-17-27-23(29)19-10-4-8-18-9-5-11-20(22(18)19)24(27)30/h4-5,8-11H,1-3,6-7,12-17H2,(H,25,28). The van der Waals surface area contributed by atoms with Gasteiger partial charge in [-0.1, -0.05) is 30.7 Å². The highest BCUT2D eigenvalue weighted by molar-refractivity contribution is 6.25. The summed E-state index contributed by atoms with van der Waals surface area (Å²) in [5.41, 5.74) is 1.12. The number of likely N-dealkylation sites (tertiary alicyclic amines) is 1. The Labute approximate surface area is 177 Å². The molecular formula is C24H29N3O3. The van der Waals surface area contributed by atoms with Crippen LogP contribution in [0, 0.1) is 0 Å². The third-order valence-electron chi connectivity index (χ3n) is 6.06. The second kappa shape index (κ2) is 9.39. The topological polar surface area (TPSA) is 69.7 Å². The Morgan fingerprint density at radius 2 is 1.53 bits per heavy atom. The van der Waals surface area contributed by atoms with E-state index >= 15 is 0 Å². The molecule has 0 radical (unpaired) electrons. The van der Waals surface area contributed by atoms with Gasteiger partial charge in [-0.2, -0.15) is 0 Å². The van der Waals surface area contributed by atoms with Gasteiger partial charge in [0.1, 0.15) is 0 Å². The van der Waals surface area contributed by atoms with Crippen LogP contribution in [-0.4, -0.2) is 60.2 Å². The number of amides is 3. The van der Waals surface area contributed by atoms with Crippen molar-refractivity contribution in [3.05, 3.63) is 47.5 Å². The Hall–Kier alpha value is -2.73. The average molecular weight is 408 g/mol. The maximum Gasteiger partial charge on any atom is 0.261 e. The molecule has 1 saturated heterocycles. The van der Waals surface area contributed by atoms with Crippen LogP contribution in [-0.2, 0) is 4.79 Å². The first-order chi connectivity index (χ1) is 14.6. The number of carbonyl (C=O) groups excluding carboxylic acids is 3. The van der Waals surface area contributed by atoms with E-state index in [0.29, 0.717) is 30.5 Å². The second-order valence-electron chi connectivity index (χ2n) is 8.18. The van der Waals surface area contributed by atoms with E-state index in [1.54, 1.807) is 12.1 Å². The highest BCUT2D eigenvalue weighted by Crippen LogP contribution is 2.30. The number of hydrogen-bond acceptors (Lipinski definition) is 4. The molecule has 0 aliphatic carbocycles. The van der Waals surface area contributed by atoms with Crippen LogP contribution in [0.25, 0.3) is 10.8 Å². The third kappa shape index (κ3) is 4.38. The molecular weight excluding hydrogens is 378 g/mol. The first kappa shape index (κ1) is 20.5. The van der Waals surface area contributed by atoms with Crippen LogP contribution in [0.2, 0.25) is 0 Å². The van der Waals surface area contributed by atoms with Crippen LogP contribution in [0.15, 0.2) is 36.4 Å². The number of piperidine rings is 1. The zero-order valence-electron chi connectivity index (χ0n) is 17.4. The molecule has 6 nitrogen and oxygen atoms in total. The number of imide groups is 1. The van der Waals surface area contributed by atoms with Crippen LogP contribution in [0.1, 0.15) is 59.2 Å². The molecule has 3 amide bonds. The van der Waals surface area contributed by atoms with Gasteiger partial charge >= 0.3 is 0 Å². The molecule has 4 rings (SSSR count). The zero-order valence-corrected chi connectivity index (χ0v) is 17.4. The molecule has 0 aromatic heterocycles. The average Bonchev–Trinajstić information content (AvgIpc) is 2.78. The van der Waals surface area contributed by atoms with E-state index < -0.39 is 0 Å². The molecule has 6 heteroatoms. The minimum absolute atomic E-state index is 0.0203. The van der Waals surface area contributed by atoms with E-state index in [0.717, 1.165) is 23.7 Å². The molecule has 0 saturated carbocycles. The monoisotopic (exact) mass is 407 g/mol. The predicted molar refractivity (Wildman–Crippen MR) is 116 cm³/mol. The Balaban J connectivity index is 1.24. The zero-order chi connectivity index (χ0) is 20.9. The van der Waals surface area contributed by atoms with Crippen molar-refractivity contribution in [3.8, 4) is 0 Å². The van der Waals surface area contributed by atoms with Crippen molar-refractivity contribution in [2.24, 2.45) is 0 Å². The number of nitrogens with zero attached hydrogens (tertiary/aromatic N) is 2. The lowest BCUT2D eigenvalue weighted by molar-refractivity contribution is -0.121. The molecule has 0 bridgehead atoms. The smallest absolute Gasteiger partial charge is 0.261 e. The summed E-state index contributed by atoms with van der Waals surface area (Å²) in [6.07, 6.45) is 5.62. The maximum atomic E-state index is 12.9. The van der Waals surface area contributed by atoms with Gasteiger partial charge in [0.25, 0.3) is 11.8 Å². The lowest BCUT2D eigenvalue weighted by atomic mass is 9.94. The highest BCUT2D eigenvalue weighted by atomic mass is 16.2. The lowest BCUT2D eigenvalue weighted by Gasteiger charge is -2.27. The van der Waals surface area contributed by atoms with E-state index in [1.807, 2.05) is 24.3 Å². The summed E-state index contributed by atoms with van der Waals surface area (Å²) in [6, 6.07) is 11.0. The third-order valence-corrected chi connectivity index (χ3v) is 6.06. The largest absolute Gasteiger partial charge is 0.356 e. The van der Waals surface area contributed by atoms with Crippen molar-refractivity contribution in [1.82, 2.24) is 15.1 Å². The summed E-state index contributed by atoms with van der Waals surface area (Å²) in [4.78, 5) is 41.6. The quantitative estimate of drug-likeness (QED) is 0.539. The summed E-state index contributed by atoms with van der Waals surface area (Å²) < 4.78 is 0. The summed E-state index contributed by atoms with van der Waals surface area (Å²) in [5, 5.41) is 4.59. The summed E-state index contributed by atoms with van der Waals surface area (Å²) >= 11 is 0. The molecule has 2 aromatic rings. The van der Waals surface area contributed by atoms with E-state index in [1.165, 1.54) is 37.3 Å². The predicted octanol–water partition coefficient (Wildman–Crippen LogP) is 3.21. The van der Waals surface area contributed by atoms with E-state index in [2.05, 4.69) is 10.2 Å². The number of benzene rings is 2. The Bertz CT molecular complexity index is 899. The molecule has 2 heterocycles. The van der Waals surface area contributed by atoms with Crippen molar-refractivity contribution in [1.29, 1.82) is 0 Å². The SMILES string of the molecule is O=C(CCCN1C(=O)c2cccc3cccc(c23)C1=O)NCCCN1CCCCC1. The Morgan fingerprint density at radius 1 is 0.867 bits per heavy atom. The fourth-order valence-corrected chi connectivity index (χ4v) is 4.48. The van der Waals surface area contributed by atoms with Gasteiger partial charge in [0.05, 0.1) is 0 Å². The van der Waals surface area contributed by atoms with E-state index in [4.69, 9.17) is 0 Å². The van der Waals surface area contributed by atoms with Crippen molar-refractivity contribution in [2.45, 2.75) is 38.5 Å². The van der Waals surface area contributed by atoms with E-state index in [-0.39, 0.29) is 24.3 Å². The number of carbonyl (C=O) groups is 3. The van der Waals surface area contributed by atoms with Crippen molar-refractivity contribution >= 4 is 28.5 Å². The summed E-state index contributed by atoms with van der Waals surface area (Å²) in [7, 11) is 0. The summed E-state index contributed by atoms with van der Waals surface area (Å²) in [6.45, 7) is 4.29. The van der Waals surface area contributed by atoms with Crippen LogP contribution in [0.4, 0.5) is 0 Å². The molecule has 0 spiro atoms. The Kier molecular flexibility index (Phi) is 6.43. The van der Waals surface area contributed by atoms with Gasteiger partial charge in [-0.3, -0.25) is 19.3 Å². The van der Waals surface area contributed by atoms with Crippen LogP contribution >= 0.6 is 0 Å². The molecule has 30 heavy (non-hydrogen) atoms. The van der Waals surface area contributed by atoms with Gasteiger partial charge < -0.3 is 10.2 Å². The minimum Gasteiger partial charge on any atom is -0.356 e. The van der Waals surface area contributed by atoms with Gasteiger partial charge in [-0.15, -0.1) is 0 Å². The summed E-state index contributed by atoms with van der Waals surface area (Å²) in [5.74, 6) is -0.564. The number of nitrogens with one attached hydrogen (secondary N) is 1. The molecule has 1 N–H and O–H groups in total. The first-order valence-corrected chi connectivity index (χ1v) is 11.0. The maximum absolute atomic E-state index is 12.9. The van der Waals surface area contributed by atoms with Crippen molar-refractivity contribution in [2.75, 3.05) is 32.7 Å².